The van der Waals surface area contributed by atoms with E-state index in [0.717, 1.165) is 5.56 Å². The zero-order chi connectivity index (χ0) is 20.3. The Morgan fingerprint density at radius 3 is 2.00 bits per heavy atom. The van der Waals surface area contributed by atoms with E-state index in [4.69, 9.17) is 9.47 Å². The molecule has 6 nitrogen and oxygen atoms in total. The topological polar surface area (TPSA) is 76.7 Å². The number of ether oxygens (including phenoxy) is 2. The summed E-state index contributed by atoms with van der Waals surface area (Å²) in [6, 6.07) is 5.76. The van der Waals surface area contributed by atoms with Gasteiger partial charge >= 0.3 is 0 Å². The standard InChI is InChI=1S/C19H32N2O4S/c1-17(2,13-10-11-14(24-7)15(12-13)25-8)19(5,6)20-16(22)18(3,4)21-26(9)23/h10-12,21H,1-9H3,(H,20,22). The van der Waals surface area contributed by atoms with Gasteiger partial charge in [-0.1, -0.05) is 19.9 Å². The molecule has 26 heavy (non-hydrogen) atoms. The third-order valence-electron chi connectivity index (χ3n) is 5.06. The molecule has 7 heteroatoms. The molecule has 0 aliphatic rings. The first-order valence-electron chi connectivity index (χ1n) is 8.45. The van der Waals surface area contributed by atoms with Crippen LogP contribution in [0.1, 0.15) is 47.1 Å². The third-order valence-corrected chi connectivity index (χ3v) is 5.86. The van der Waals surface area contributed by atoms with Crippen LogP contribution in [0.25, 0.3) is 0 Å². The molecule has 1 atom stereocenters. The van der Waals surface area contributed by atoms with Gasteiger partial charge in [0.25, 0.3) is 0 Å². The first-order valence-corrected chi connectivity index (χ1v) is 10.0. The van der Waals surface area contributed by atoms with E-state index in [1.54, 1.807) is 28.1 Å². The number of benzene rings is 1. The third kappa shape index (κ3) is 4.76. The lowest BCUT2D eigenvalue weighted by Crippen LogP contribution is -2.62. The van der Waals surface area contributed by atoms with Gasteiger partial charge in [0.1, 0.15) is 5.54 Å². The van der Waals surface area contributed by atoms with Gasteiger partial charge in [0.2, 0.25) is 5.91 Å². The summed E-state index contributed by atoms with van der Waals surface area (Å²) in [5.74, 6) is 1.08. The first-order chi connectivity index (χ1) is 11.8. The molecular formula is C19H32N2O4S. The van der Waals surface area contributed by atoms with Crippen molar-refractivity contribution in [3.05, 3.63) is 23.8 Å². The molecule has 1 rings (SSSR count). The molecule has 0 saturated heterocycles. The van der Waals surface area contributed by atoms with Crippen LogP contribution in [-0.4, -0.2) is 41.7 Å². The van der Waals surface area contributed by atoms with Crippen molar-refractivity contribution in [2.45, 2.75) is 58.0 Å². The highest BCUT2D eigenvalue weighted by Gasteiger charge is 2.42. The van der Waals surface area contributed by atoms with Crippen molar-refractivity contribution in [2.75, 3.05) is 20.5 Å². The van der Waals surface area contributed by atoms with Crippen LogP contribution in [0.5, 0.6) is 11.5 Å². The quantitative estimate of drug-likeness (QED) is 0.722. The zero-order valence-electron chi connectivity index (χ0n) is 17.3. The largest absolute Gasteiger partial charge is 0.493 e. The Morgan fingerprint density at radius 2 is 1.54 bits per heavy atom. The Hall–Kier alpha value is -1.60. The second-order valence-corrected chi connectivity index (χ2v) is 9.07. The molecule has 0 aliphatic heterocycles. The minimum Gasteiger partial charge on any atom is -0.493 e. The van der Waals surface area contributed by atoms with E-state index in [-0.39, 0.29) is 5.91 Å². The van der Waals surface area contributed by atoms with Crippen LogP contribution in [-0.2, 0) is 21.2 Å². The number of carbonyl (C=O) groups is 1. The second kappa shape index (κ2) is 7.96. The molecule has 0 aliphatic carbocycles. The number of hydrogen-bond acceptors (Lipinski definition) is 4. The molecular weight excluding hydrogens is 352 g/mol. The first kappa shape index (κ1) is 22.4. The van der Waals surface area contributed by atoms with Gasteiger partial charge in [-0.15, -0.1) is 0 Å². The highest BCUT2D eigenvalue weighted by atomic mass is 32.2. The van der Waals surface area contributed by atoms with E-state index in [0.29, 0.717) is 11.5 Å². The summed E-state index contributed by atoms with van der Waals surface area (Å²) in [6.07, 6.45) is 1.51. The Balaban J connectivity index is 3.17. The number of methoxy groups -OCH3 is 2. The van der Waals surface area contributed by atoms with E-state index in [9.17, 15) is 9.00 Å². The highest BCUT2D eigenvalue weighted by molar-refractivity contribution is 7.82. The van der Waals surface area contributed by atoms with Gasteiger partial charge in [-0.2, -0.15) is 0 Å². The van der Waals surface area contributed by atoms with E-state index in [1.807, 2.05) is 32.0 Å². The smallest absolute Gasteiger partial charge is 0.241 e. The van der Waals surface area contributed by atoms with Gasteiger partial charge in [-0.3, -0.25) is 4.79 Å². The molecule has 0 bridgehead atoms. The average Bonchev–Trinajstić information content (AvgIpc) is 2.52. The van der Waals surface area contributed by atoms with Crippen LogP contribution >= 0.6 is 0 Å². The monoisotopic (exact) mass is 384 g/mol. The summed E-state index contributed by atoms with van der Waals surface area (Å²) in [4.78, 5) is 12.8. The van der Waals surface area contributed by atoms with Gasteiger partial charge in [-0.05, 0) is 45.4 Å². The molecule has 2 N–H and O–H groups in total. The molecule has 0 aromatic heterocycles. The summed E-state index contributed by atoms with van der Waals surface area (Å²) in [5.41, 5.74) is -0.947. The normalized spacial score (nSPS) is 13.9. The molecule has 0 spiro atoms. The minimum atomic E-state index is -1.29. The molecule has 0 radical (unpaired) electrons. The molecule has 0 heterocycles. The number of carbonyl (C=O) groups excluding carboxylic acids is 1. The number of rotatable bonds is 8. The maximum Gasteiger partial charge on any atom is 0.241 e. The minimum absolute atomic E-state index is 0.216. The summed E-state index contributed by atoms with van der Waals surface area (Å²) < 4.78 is 25.0. The number of hydrogen-bond donors (Lipinski definition) is 2. The lowest BCUT2D eigenvalue weighted by molar-refractivity contribution is -0.128. The predicted octanol–water partition coefficient (Wildman–Crippen LogP) is 2.54. The lowest BCUT2D eigenvalue weighted by Gasteiger charge is -2.44. The van der Waals surface area contributed by atoms with Gasteiger partial charge < -0.3 is 14.8 Å². The van der Waals surface area contributed by atoms with Crippen LogP contribution in [0.4, 0.5) is 0 Å². The van der Waals surface area contributed by atoms with Gasteiger partial charge in [0.15, 0.2) is 11.5 Å². The van der Waals surface area contributed by atoms with Gasteiger partial charge in [0.05, 0.1) is 25.2 Å². The summed E-state index contributed by atoms with van der Waals surface area (Å²) in [5, 5.41) is 3.10. The van der Waals surface area contributed by atoms with Crippen molar-refractivity contribution >= 4 is 16.9 Å². The number of amides is 1. The van der Waals surface area contributed by atoms with E-state index in [1.165, 1.54) is 6.26 Å². The van der Waals surface area contributed by atoms with Crippen molar-refractivity contribution in [3.8, 4) is 11.5 Å². The molecule has 148 valence electrons. The fourth-order valence-electron chi connectivity index (χ4n) is 2.59. The second-order valence-electron chi connectivity index (χ2n) is 7.96. The van der Waals surface area contributed by atoms with Gasteiger partial charge in [-0.25, -0.2) is 8.93 Å². The fourth-order valence-corrected chi connectivity index (χ4v) is 3.40. The van der Waals surface area contributed by atoms with E-state index < -0.39 is 27.5 Å². The molecule has 0 fully saturated rings. The van der Waals surface area contributed by atoms with Crippen LogP contribution < -0.4 is 19.5 Å². The summed E-state index contributed by atoms with van der Waals surface area (Å²) in [7, 11) is 1.90. The van der Waals surface area contributed by atoms with Crippen LogP contribution in [0.15, 0.2) is 18.2 Å². The summed E-state index contributed by atoms with van der Waals surface area (Å²) >= 11 is 0. The van der Waals surface area contributed by atoms with Crippen molar-refractivity contribution < 1.29 is 18.5 Å². The van der Waals surface area contributed by atoms with Crippen molar-refractivity contribution in [2.24, 2.45) is 0 Å². The molecule has 1 amide bonds. The maximum absolute atomic E-state index is 12.8. The fraction of sp³-hybridized carbons (Fsp3) is 0.632. The van der Waals surface area contributed by atoms with E-state index >= 15 is 0 Å². The van der Waals surface area contributed by atoms with Crippen LogP contribution in [0, 0.1) is 0 Å². The molecule has 1 unspecified atom stereocenters. The lowest BCUT2D eigenvalue weighted by atomic mass is 9.69. The predicted molar refractivity (Wildman–Crippen MR) is 106 cm³/mol. The van der Waals surface area contributed by atoms with Crippen LogP contribution in [0.3, 0.4) is 0 Å². The average molecular weight is 385 g/mol. The summed E-state index contributed by atoms with van der Waals surface area (Å²) in [6.45, 7) is 11.5. The molecule has 0 saturated carbocycles. The highest BCUT2D eigenvalue weighted by Crippen LogP contribution is 2.39. The molecule has 1 aromatic carbocycles. The molecule has 1 aromatic rings. The van der Waals surface area contributed by atoms with Crippen molar-refractivity contribution in [1.29, 1.82) is 0 Å². The van der Waals surface area contributed by atoms with E-state index in [2.05, 4.69) is 23.9 Å². The van der Waals surface area contributed by atoms with Crippen molar-refractivity contribution in [1.82, 2.24) is 10.0 Å². The zero-order valence-corrected chi connectivity index (χ0v) is 18.1. The Morgan fingerprint density at radius 1 is 1.00 bits per heavy atom. The Labute approximate surface area is 159 Å². The van der Waals surface area contributed by atoms with Crippen molar-refractivity contribution in [3.63, 3.8) is 0 Å². The number of nitrogens with one attached hydrogen (secondary N) is 2. The maximum atomic E-state index is 12.8. The Bertz CT molecular complexity index is 684. The SMILES string of the molecule is COc1ccc(C(C)(C)C(C)(C)NC(=O)C(C)(C)NS(C)=O)cc1OC. The Kier molecular flexibility index (Phi) is 6.87. The van der Waals surface area contributed by atoms with Gasteiger partial charge in [0, 0.05) is 17.2 Å². The van der Waals surface area contributed by atoms with Crippen LogP contribution in [0.2, 0.25) is 0 Å².